The van der Waals surface area contributed by atoms with Gasteiger partial charge >= 0.3 is 0 Å². The Labute approximate surface area is 527 Å². The van der Waals surface area contributed by atoms with Crippen molar-refractivity contribution in [2.45, 2.75) is 260 Å². The van der Waals surface area contributed by atoms with Crippen LogP contribution in [0.4, 0.5) is 0 Å². The lowest BCUT2D eigenvalue weighted by atomic mass is 9.94. The van der Waals surface area contributed by atoms with Crippen LogP contribution in [0.2, 0.25) is 0 Å². The van der Waals surface area contributed by atoms with Crippen LogP contribution in [0.15, 0.2) is 0 Å². The van der Waals surface area contributed by atoms with E-state index in [-0.39, 0.29) is 6.61 Å². The predicted octanol–water partition coefficient (Wildman–Crippen LogP) is -16.5. The van der Waals surface area contributed by atoms with Crippen LogP contribution in [0.1, 0.15) is 20.8 Å². The van der Waals surface area contributed by atoms with Crippen molar-refractivity contribution in [3.8, 4) is 0 Å². The molecule has 41 nitrogen and oxygen atoms in total. The van der Waals surface area contributed by atoms with Gasteiger partial charge in [-0.25, -0.2) is 0 Å². The van der Waals surface area contributed by atoms with Gasteiger partial charge in [-0.15, -0.1) is 0 Å². The van der Waals surface area contributed by atoms with Crippen LogP contribution in [0.25, 0.3) is 0 Å². The fraction of sp³-hybridized carbons (Fsp3) is 0.962. The Morgan fingerprint density at radius 2 is 0.667 bits per heavy atom. The van der Waals surface area contributed by atoms with Crippen LogP contribution in [0.3, 0.4) is 0 Å². The van der Waals surface area contributed by atoms with Gasteiger partial charge in [-0.3, -0.25) is 9.59 Å². The molecule has 39 atom stereocenters. The molecule has 8 rings (SSSR count). The molecule has 0 radical (unpaired) electrons. The van der Waals surface area contributed by atoms with E-state index in [1.54, 1.807) is 0 Å². The van der Waals surface area contributed by atoms with E-state index in [1.807, 2.05) is 0 Å². The molecule has 0 aromatic heterocycles. The van der Waals surface area contributed by atoms with E-state index in [0.29, 0.717) is 0 Å². The summed E-state index contributed by atoms with van der Waals surface area (Å²) in [5.41, 5.74) is 0. The zero-order valence-corrected chi connectivity index (χ0v) is 50.0. The first-order valence-electron chi connectivity index (χ1n) is 29.9. The number of rotatable bonds is 23. The molecule has 540 valence electrons. The minimum absolute atomic E-state index is 0.383. The van der Waals surface area contributed by atoms with Crippen molar-refractivity contribution < 1.29 is 193 Å². The van der Waals surface area contributed by atoms with Crippen molar-refractivity contribution in [1.29, 1.82) is 0 Å². The van der Waals surface area contributed by atoms with E-state index >= 15 is 0 Å². The molecule has 93 heavy (non-hydrogen) atoms. The van der Waals surface area contributed by atoms with E-state index in [2.05, 4.69) is 10.6 Å². The molecule has 0 aromatic carbocycles. The quantitative estimate of drug-likeness (QED) is 0.0452. The Bertz CT molecular complexity index is 2330. The average molecular weight is 1370 g/mol. The van der Waals surface area contributed by atoms with Crippen molar-refractivity contribution >= 4 is 11.8 Å². The third kappa shape index (κ3) is 17.0. The lowest BCUT2D eigenvalue weighted by Crippen LogP contribution is -2.70. The van der Waals surface area contributed by atoms with Crippen molar-refractivity contribution in [1.82, 2.24) is 10.6 Å². The highest BCUT2D eigenvalue weighted by molar-refractivity contribution is 5.73. The van der Waals surface area contributed by atoms with Gasteiger partial charge in [0.25, 0.3) is 0 Å². The van der Waals surface area contributed by atoms with E-state index in [0.717, 1.165) is 13.8 Å². The van der Waals surface area contributed by atoms with Crippen molar-refractivity contribution in [3.63, 3.8) is 0 Å². The lowest BCUT2D eigenvalue weighted by Gasteiger charge is -2.50. The summed E-state index contributed by atoms with van der Waals surface area (Å²) in [5.74, 6) is -1.51. The van der Waals surface area contributed by atoms with Gasteiger partial charge in [-0.2, -0.15) is 0 Å². The van der Waals surface area contributed by atoms with E-state index < -0.39 is 297 Å². The highest BCUT2D eigenvalue weighted by atomic mass is 16.8. The van der Waals surface area contributed by atoms with Gasteiger partial charge in [0.1, 0.15) is 183 Å². The molecule has 8 aliphatic rings. The predicted molar refractivity (Wildman–Crippen MR) is 285 cm³/mol. The maximum atomic E-state index is 12.9. The SMILES string of the molecule is CC(=O)N[C@H]1[C@H](O[C@H]2[C@H](O)[C@@H](NC(C)=O)CO[C@@H]2CO[C@H]2O[C@@H](C)[C@@H](O)[C@@H](O)[C@@H]2O)O[C@H](CO)[C@@H](O[C@@H]2O[C@H](CO[C@@H]3O[C@H](CO[C@@H]4O[C@H](CO)[C@@H](O)[C@H](O)[C@@H]4O)[C@@H](O)[C@H](O)[C@@H]3O)[C@@H](O)[C@H](O[C@@H]3O[C@H](CO[C@@H]4O[C@H](CO)[C@@H](O)[C@H](O)[C@@H]4O)[C@@H](O)[C@H](O)[C@@H]3O)[C@@H]2O)[C@@H]1O. The van der Waals surface area contributed by atoms with Crippen LogP contribution in [0.5, 0.6) is 0 Å². The molecule has 2 amide bonds. The first-order valence-corrected chi connectivity index (χ1v) is 29.9. The Balaban J connectivity index is 1.04. The molecule has 0 bridgehead atoms. The van der Waals surface area contributed by atoms with Crippen molar-refractivity contribution in [2.75, 3.05) is 52.9 Å². The molecule has 0 aliphatic carbocycles. The number of hydrogen-bond acceptors (Lipinski definition) is 39. The largest absolute Gasteiger partial charge is 0.394 e. The smallest absolute Gasteiger partial charge is 0.217 e. The fourth-order valence-corrected chi connectivity index (χ4v) is 11.8. The summed E-state index contributed by atoms with van der Waals surface area (Å²) in [5, 5.41) is 243. The zero-order chi connectivity index (χ0) is 68.3. The standard InChI is InChI=1S/C52H88N2O39/c1-12-24(60)32(68)37(73)47(84-12)83-11-22-44(25(61)15(7-79-22)53-13(2)58)91-46-23(54-14(3)59)31(67)43(18(6-57)87-46)92-52-42(78)45(93-51-41(77)36(72)29(65)20(89-51)9-81-49-39(75)34(70)27(63)17(5-56)86-49)30(66)21(90-52)10-82-50-40(76)35(71)28(64)19(88-50)8-80-48-38(74)33(69)26(62)16(4-55)85-48/h12,15-52,55-57,60-78H,4-11H2,1-3H3,(H,53,58)(H,54,59)/t12-,15-,16+,17+,18+,19+,20+,21+,22+,23+,24+,25+,26+,27+,28+,29+,30+,31+,32+,33-,34-,35-,36-,37-,38-,39-,40-,41-,42-,43+,44+,45-,46-,47-,48+,49+,50+,51-,52-/m0/s1. The maximum Gasteiger partial charge on any atom is 0.217 e. The van der Waals surface area contributed by atoms with Crippen LogP contribution < -0.4 is 10.6 Å². The van der Waals surface area contributed by atoms with E-state index in [9.17, 15) is 122 Å². The number of ether oxygens (including phenoxy) is 15. The number of aliphatic hydroxyl groups is 22. The normalized spacial score (nSPS) is 50.8. The number of aliphatic hydroxyl groups excluding tert-OH is 22. The van der Waals surface area contributed by atoms with Gasteiger partial charge in [0, 0.05) is 13.8 Å². The first kappa shape index (κ1) is 76.2. The van der Waals surface area contributed by atoms with Gasteiger partial charge < -0.3 is 194 Å². The monoisotopic (exact) mass is 1360 g/mol. The second-order valence-corrected chi connectivity index (χ2v) is 23.9. The molecule has 0 saturated carbocycles. The lowest BCUT2D eigenvalue weighted by molar-refractivity contribution is -0.385. The number of amides is 2. The maximum absolute atomic E-state index is 12.9. The second kappa shape index (κ2) is 33.1. The zero-order valence-electron chi connectivity index (χ0n) is 50.0. The summed E-state index contributed by atoms with van der Waals surface area (Å²) in [6.07, 6.45) is -70.0. The Hall–Kier alpha value is -2.54. The molecule has 41 heteroatoms. The van der Waals surface area contributed by atoms with Gasteiger partial charge in [-0.05, 0) is 6.92 Å². The van der Waals surface area contributed by atoms with Crippen LogP contribution in [-0.2, 0) is 80.6 Å². The molecule has 8 heterocycles. The third-order valence-electron chi connectivity index (χ3n) is 17.3. The van der Waals surface area contributed by atoms with Gasteiger partial charge in [0.15, 0.2) is 44.0 Å². The molecule has 8 aliphatic heterocycles. The third-order valence-corrected chi connectivity index (χ3v) is 17.3. The minimum Gasteiger partial charge on any atom is -0.394 e. The second-order valence-electron chi connectivity index (χ2n) is 23.9. The number of hydrogen-bond donors (Lipinski definition) is 24. The van der Waals surface area contributed by atoms with Gasteiger partial charge in [0.2, 0.25) is 11.8 Å². The Kier molecular flexibility index (Phi) is 27.1. The molecule has 0 unspecified atom stereocenters. The summed E-state index contributed by atoms with van der Waals surface area (Å²) in [6, 6.07) is -3.04. The molecule has 8 saturated heterocycles. The minimum atomic E-state index is -2.39. The van der Waals surface area contributed by atoms with Gasteiger partial charge in [0.05, 0.1) is 65.0 Å². The average Bonchev–Trinajstić information content (AvgIpc) is 0.779. The van der Waals surface area contributed by atoms with E-state index in [1.165, 1.54) is 6.92 Å². The number of carbonyl (C=O) groups excluding carboxylic acids is 2. The molecule has 0 spiro atoms. The molecule has 24 N–H and O–H groups in total. The first-order chi connectivity index (χ1) is 43.9. The number of nitrogens with one attached hydrogen (secondary N) is 2. The fourth-order valence-electron chi connectivity index (χ4n) is 11.8. The highest BCUT2D eigenvalue weighted by Gasteiger charge is 2.58. The highest BCUT2D eigenvalue weighted by Crippen LogP contribution is 2.37. The Morgan fingerprint density at radius 1 is 0.333 bits per heavy atom. The number of carbonyl (C=O) groups is 2. The van der Waals surface area contributed by atoms with Crippen LogP contribution >= 0.6 is 0 Å². The Morgan fingerprint density at radius 3 is 1.12 bits per heavy atom. The molecule has 8 fully saturated rings. The van der Waals surface area contributed by atoms with Crippen molar-refractivity contribution in [3.05, 3.63) is 0 Å². The molecular formula is C52H88N2O39. The van der Waals surface area contributed by atoms with Crippen LogP contribution in [0, 0.1) is 0 Å². The van der Waals surface area contributed by atoms with Crippen molar-refractivity contribution in [2.24, 2.45) is 0 Å². The topological polar surface area (TPSA) is 642 Å². The van der Waals surface area contributed by atoms with E-state index in [4.69, 9.17) is 71.1 Å². The molecule has 0 aromatic rings. The van der Waals surface area contributed by atoms with Crippen LogP contribution in [-0.4, -0.2) is 416 Å². The molecular weight excluding hydrogens is 1280 g/mol. The summed E-state index contributed by atoms with van der Waals surface area (Å²) >= 11 is 0. The van der Waals surface area contributed by atoms with Gasteiger partial charge in [-0.1, -0.05) is 0 Å². The summed E-state index contributed by atoms with van der Waals surface area (Å²) in [7, 11) is 0. The summed E-state index contributed by atoms with van der Waals surface area (Å²) in [4.78, 5) is 25.2. The summed E-state index contributed by atoms with van der Waals surface area (Å²) in [6.45, 7) is -3.08. The summed E-state index contributed by atoms with van der Waals surface area (Å²) < 4.78 is 86.4.